The average molecular weight is 256 g/mol. The van der Waals surface area contributed by atoms with Gasteiger partial charge < -0.3 is 9.84 Å². The van der Waals surface area contributed by atoms with Gasteiger partial charge in [0, 0.05) is 0 Å². The second kappa shape index (κ2) is 4.96. The highest BCUT2D eigenvalue weighted by molar-refractivity contribution is 5.47. The summed E-state index contributed by atoms with van der Waals surface area (Å²) in [5.74, 6) is 1.43. The first-order valence-corrected chi connectivity index (χ1v) is 6.45. The third-order valence-electron chi connectivity index (χ3n) is 3.14. The zero-order valence-electron chi connectivity index (χ0n) is 11.9. The molecule has 0 fully saturated rings. The van der Waals surface area contributed by atoms with E-state index in [1.165, 1.54) is 0 Å². The number of phenols is 1. The lowest BCUT2D eigenvalue weighted by Crippen LogP contribution is -2.10. The largest absolute Gasteiger partial charge is 0.504 e. The molecule has 0 radical (unpaired) electrons. The van der Waals surface area contributed by atoms with E-state index in [1.54, 1.807) is 6.07 Å². The Labute approximate surface area is 114 Å². The molecule has 1 N–H and O–H groups in total. The van der Waals surface area contributed by atoms with E-state index in [-0.39, 0.29) is 11.2 Å². The minimum absolute atomic E-state index is 0.0253. The molecule has 0 atom stereocenters. The summed E-state index contributed by atoms with van der Waals surface area (Å²) >= 11 is 0. The van der Waals surface area contributed by atoms with Crippen LogP contribution in [-0.2, 0) is 5.41 Å². The number of hydrogen-bond donors (Lipinski definition) is 1. The molecule has 0 saturated carbocycles. The molecule has 0 aliphatic heterocycles. The van der Waals surface area contributed by atoms with Crippen molar-refractivity contribution >= 4 is 0 Å². The van der Waals surface area contributed by atoms with Crippen molar-refractivity contribution in [2.24, 2.45) is 0 Å². The molecule has 2 aromatic carbocycles. The fraction of sp³-hybridized carbons (Fsp3) is 0.294. The maximum Gasteiger partial charge on any atom is 0.169 e. The smallest absolute Gasteiger partial charge is 0.169 e. The van der Waals surface area contributed by atoms with Gasteiger partial charge >= 0.3 is 0 Å². The number of para-hydroxylation sites is 1. The maximum absolute atomic E-state index is 9.93. The Balaban J connectivity index is 2.38. The van der Waals surface area contributed by atoms with Crippen LogP contribution in [-0.4, -0.2) is 5.11 Å². The van der Waals surface area contributed by atoms with Crippen molar-refractivity contribution in [3.63, 3.8) is 0 Å². The Morgan fingerprint density at radius 3 is 2.26 bits per heavy atom. The average Bonchev–Trinajstić information content (AvgIpc) is 2.33. The summed E-state index contributed by atoms with van der Waals surface area (Å²) in [6, 6.07) is 13.3. The van der Waals surface area contributed by atoms with E-state index >= 15 is 0 Å². The van der Waals surface area contributed by atoms with Crippen molar-refractivity contribution in [3.8, 4) is 17.2 Å². The summed E-state index contributed by atoms with van der Waals surface area (Å²) in [5.41, 5.74) is 2.20. The molecular weight excluding hydrogens is 236 g/mol. The molecule has 0 heterocycles. The van der Waals surface area contributed by atoms with Crippen molar-refractivity contribution < 1.29 is 9.84 Å². The third-order valence-corrected chi connectivity index (χ3v) is 3.14. The zero-order chi connectivity index (χ0) is 14.0. The predicted octanol–water partition coefficient (Wildman–Crippen LogP) is 4.79. The number of ether oxygens (including phenoxy) is 1. The Morgan fingerprint density at radius 1 is 0.947 bits per heavy atom. The second-order valence-electron chi connectivity index (χ2n) is 5.80. The molecule has 0 aliphatic carbocycles. The number of phenolic OH excluding ortho intramolecular Hbond substituents is 1. The van der Waals surface area contributed by atoms with Gasteiger partial charge in [-0.1, -0.05) is 45.0 Å². The minimum Gasteiger partial charge on any atom is -0.504 e. The molecule has 0 spiro atoms. The van der Waals surface area contributed by atoms with Gasteiger partial charge in [-0.05, 0) is 41.7 Å². The van der Waals surface area contributed by atoms with Gasteiger partial charge in [0.05, 0.1) is 0 Å². The SMILES string of the molecule is Cc1ccccc1Oc1cc(C(C)(C)C)ccc1O. The summed E-state index contributed by atoms with van der Waals surface area (Å²) < 4.78 is 5.83. The van der Waals surface area contributed by atoms with Crippen LogP contribution in [0.15, 0.2) is 42.5 Å². The summed E-state index contributed by atoms with van der Waals surface area (Å²) in [6.07, 6.45) is 0. The van der Waals surface area contributed by atoms with Crippen LogP contribution in [0.5, 0.6) is 17.2 Å². The fourth-order valence-corrected chi connectivity index (χ4v) is 1.85. The first-order valence-electron chi connectivity index (χ1n) is 6.45. The molecule has 0 saturated heterocycles. The zero-order valence-corrected chi connectivity index (χ0v) is 11.9. The van der Waals surface area contributed by atoms with Crippen LogP contribution in [0.1, 0.15) is 31.9 Å². The van der Waals surface area contributed by atoms with Gasteiger partial charge in [0.2, 0.25) is 0 Å². The monoisotopic (exact) mass is 256 g/mol. The Kier molecular flexibility index (Phi) is 3.52. The quantitative estimate of drug-likeness (QED) is 0.837. The molecule has 0 aliphatic rings. The highest BCUT2D eigenvalue weighted by atomic mass is 16.5. The summed E-state index contributed by atoms with van der Waals surface area (Å²) in [7, 11) is 0. The van der Waals surface area contributed by atoms with Crippen molar-refractivity contribution in [2.45, 2.75) is 33.1 Å². The van der Waals surface area contributed by atoms with E-state index in [1.807, 2.05) is 43.3 Å². The van der Waals surface area contributed by atoms with E-state index in [2.05, 4.69) is 20.8 Å². The lowest BCUT2D eigenvalue weighted by molar-refractivity contribution is 0.407. The minimum atomic E-state index is 0.0253. The van der Waals surface area contributed by atoms with Crippen LogP contribution in [0.3, 0.4) is 0 Å². The summed E-state index contributed by atoms with van der Waals surface area (Å²) in [4.78, 5) is 0. The van der Waals surface area contributed by atoms with Gasteiger partial charge in [0.1, 0.15) is 5.75 Å². The number of hydrogen-bond acceptors (Lipinski definition) is 2. The van der Waals surface area contributed by atoms with Crippen LogP contribution in [0.25, 0.3) is 0 Å². The maximum atomic E-state index is 9.93. The van der Waals surface area contributed by atoms with Crippen LogP contribution in [0.4, 0.5) is 0 Å². The predicted molar refractivity (Wildman–Crippen MR) is 78.1 cm³/mol. The highest BCUT2D eigenvalue weighted by Gasteiger charge is 2.16. The first kappa shape index (κ1) is 13.5. The lowest BCUT2D eigenvalue weighted by atomic mass is 9.87. The Hall–Kier alpha value is -1.96. The molecule has 19 heavy (non-hydrogen) atoms. The molecule has 100 valence electrons. The molecular formula is C17H20O2. The van der Waals surface area contributed by atoms with Crippen molar-refractivity contribution in [3.05, 3.63) is 53.6 Å². The Morgan fingerprint density at radius 2 is 1.63 bits per heavy atom. The molecule has 2 nitrogen and oxygen atoms in total. The van der Waals surface area contributed by atoms with Crippen LogP contribution in [0, 0.1) is 6.92 Å². The van der Waals surface area contributed by atoms with E-state index < -0.39 is 0 Å². The number of aryl methyl sites for hydroxylation is 1. The topological polar surface area (TPSA) is 29.5 Å². The van der Waals surface area contributed by atoms with Crippen molar-refractivity contribution in [1.29, 1.82) is 0 Å². The standard InChI is InChI=1S/C17H20O2/c1-12-7-5-6-8-15(12)19-16-11-13(17(2,3)4)9-10-14(16)18/h5-11,18H,1-4H3. The van der Waals surface area contributed by atoms with Gasteiger partial charge in [0.25, 0.3) is 0 Å². The first-order chi connectivity index (χ1) is 8.88. The molecule has 0 bridgehead atoms. The van der Waals surface area contributed by atoms with Crippen molar-refractivity contribution in [1.82, 2.24) is 0 Å². The van der Waals surface area contributed by atoms with Gasteiger partial charge in [-0.25, -0.2) is 0 Å². The molecule has 2 rings (SSSR count). The van der Waals surface area contributed by atoms with E-state index in [9.17, 15) is 5.11 Å². The normalized spacial score (nSPS) is 11.4. The van der Waals surface area contributed by atoms with Crippen LogP contribution in [0.2, 0.25) is 0 Å². The number of aromatic hydroxyl groups is 1. The molecule has 2 aromatic rings. The van der Waals surface area contributed by atoms with Gasteiger partial charge in [-0.15, -0.1) is 0 Å². The molecule has 0 unspecified atom stereocenters. The van der Waals surface area contributed by atoms with Gasteiger partial charge in [-0.2, -0.15) is 0 Å². The fourth-order valence-electron chi connectivity index (χ4n) is 1.85. The third kappa shape index (κ3) is 3.08. The second-order valence-corrected chi connectivity index (χ2v) is 5.80. The van der Waals surface area contributed by atoms with Crippen LogP contribution >= 0.6 is 0 Å². The van der Waals surface area contributed by atoms with E-state index in [0.717, 1.165) is 16.9 Å². The molecule has 2 heteroatoms. The Bertz CT molecular complexity index is 580. The van der Waals surface area contributed by atoms with E-state index in [0.29, 0.717) is 5.75 Å². The van der Waals surface area contributed by atoms with Crippen LogP contribution < -0.4 is 4.74 Å². The number of rotatable bonds is 2. The molecule has 0 amide bonds. The summed E-state index contributed by atoms with van der Waals surface area (Å²) in [6.45, 7) is 8.39. The lowest BCUT2D eigenvalue weighted by Gasteiger charge is -2.20. The number of benzene rings is 2. The van der Waals surface area contributed by atoms with E-state index in [4.69, 9.17) is 4.74 Å². The van der Waals surface area contributed by atoms with Gasteiger partial charge in [0.15, 0.2) is 11.5 Å². The summed E-state index contributed by atoms with van der Waals surface area (Å²) in [5, 5.41) is 9.93. The van der Waals surface area contributed by atoms with Crippen molar-refractivity contribution in [2.75, 3.05) is 0 Å². The molecule has 0 aromatic heterocycles. The highest BCUT2D eigenvalue weighted by Crippen LogP contribution is 2.35. The van der Waals surface area contributed by atoms with Gasteiger partial charge in [-0.3, -0.25) is 0 Å².